The standard InChI is InChI=1S/C13H9.C12H11Si.C8H17NO.2ClH.Ti/c1-3-7-12-10(5-1)9-11-6-2-4-8-13(11)12;1-3-7-11(8-4-1)13-12-9-5-2-6-10-12;1-3-5-6-7(4-2)8(9)10;;;/h1-5,7-8H,9H2;1-10,13H;7H,3-6H2,1-2H3,(H2,9,10);2*1H;/q;;;;;+3/p-3. The van der Waals surface area contributed by atoms with Crippen molar-refractivity contribution in [3.8, 4) is 11.1 Å². The summed E-state index contributed by atoms with van der Waals surface area (Å²) in [5, 5.41) is 2.31. The summed E-state index contributed by atoms with van der Waals surface area (Å²) in [6.45, 7) is 1.85. The van der Waals surface area contributed by atoms with Crippen molar-refractivity contribution < 1.29 is 17.5 Å². The van der Waals surface area contributed by atoms with E-state index in [1.54, 1.807) is 0 Å². The fraction of sp³-hybridized carbons (Fsp3) is 0.242. The fourth-order valence-electron chi connectivity index (χ4n) is 6.25. The molecule has 4 aromatic rings. The zero-order valence-corrected chi connectivity index (χ0v) is 26.9. The van der Waals surface area contributed by atoms with Gasteiger partial charge in [0.2, 0.25) is 0 Å². The molecule has 0 heterocycles. The molecule has 0 fully saturated rings. The average molecular weight is 610 g/mol. The molecule has 1 aliphatic rings. The van der Waals surface area contributed by atoms with Crippen molar-refractivity contribution in [1.82, 2.24) is 3.80 Å². The van der Waals surface area contributed by atoms with Gasteiger partial charge in [0, 0.05) is 0 Å². The molecule has 4 aromatic carbocycles. The molecule has 201 valence electrons. The van der Waals surface area contributed by atoms with Crippen LogP contribution < -0.4 is 18.0 Å². The molecule has 1 unspecified atom stereocenters. The van der Waals surface area contributed by atoms with Crippen LogP contribution in [0.5, 0.6) is 0 Å². The van der Waals surface area contributed by atoms with E-state index in [0.29, 0.717) is 0 Å². The number of carbonyl (C=O) groups excluding carboxylic acids is 1. The van der Waals surface area contributed by atoms with Crippen LogP contribution in [0.25, 0.3) is 11.1 Å². The summed E-state index contributed by atoms with van der Waals surface area (Å²) in [5.74, 6) is -0.106. The molecule has 0 bridgehead atoms. The van der Waals surface area contributed by atoms with Crippen LogP contribution in [0.2, 0.25) is 0 Å². The second kappa shape index (κ2) is 11.8. The summed E-state index contributed by atoms with van der Waals surface area (Å²) >= 11 is -5.13. The van der Waals surface area contributed by atoms with E-state index in [4.69, 9.17) is 18.6 Å². The Morgan fingerprint density at radius 1 is 0.821 bits per heavy atom. The Kier molecular flexibility index (Phi) is 8.57. The van der Waals surface area contributed by atoms with Crippen molar-refractivity contribution in [1.29, 1.82) is 0 Å². The monoisotopic (exact) mass is 608 g/mol. The number of benzene rings is 4. The zero-order chi connectivity index (χ0) is 27.5. The van der Waals surface area contributed by atoms with Gasteiger partial charge in [-0.25, -0.2) is 0 Å². The number of carbonyl (C=O) groups is 1. The molecule has 0 aromatic heterocycles. The minimum atomic E-state index is -5.13. The van der Waals surface area contributed by atoms with Crippen LogP contribution in [-0.4, -0.2) is 12.6 Å². The number of rotatable bonds is 10. The van der Waals surface area contributed by atoms with Crippen LogP contribution in [0.1, 0.15) is 50.7 Å². The van der Waals surface area contributed by atoms with Crippen molar-refractivity contribution in [2.24, 2.45) is 5.92 Å². The number of amides is 1. The Labute approximate surface area is 242 Å². The number of fused-ring (bicyclic) bond motifs is 3. The van der Waals surface area contributed by atoms with Gasteiger partial charge in [-0.3, -0.25) is 0 Å². The first-order valence-corrected chi connectivity index (χ1v) is 24.4. The predicted octanol–water partition coefficient (Wildman–Crippen LogP) is 6.67. The van der Waals surface area contributed by atoms with Gasteiger partial charge >= 0.3 is 244 Å². The second-order valence-electron chi connectivity index (χ2n) is 10.7. The summed E-state index contributed by atoms with van der Waals surface area (Å²) in [4.78, 5) is 14.1. The number of nitrogens with one attached hydrogen (secondary N) is 1. The maximum atomic E-state index is 14.1. The minimum absolute atomic E-state index is 0.00502. The molecule has 1 aliphatic carbocycles. The van der Waals surface area contributed by atoms with Crippen LogP contribution in [0, 0.1) is 5.92 Å². The number of unbranched alkanes of at least 4 members (excludes halogenated alkanes) is 1. The topological polar surface area (TPSA) is 29.1 Å². The van der Waals surface area contributed by atoms with Gasteiger partial charge < -0.3 is 0 Å². The fourth-order valence-corrected chi connectivity index (χ4v) is 32.1. The average Bonchev–Trinajstić information content (AvgIpc) is 3.33. The number of hydrogen-bond acceptors (Lipinski definition) is 1. The second-order valence-corrected chi connectivity index (χ2v) is 35.3. The summed E-state index contributed by atoms with van der Waals surface area (Å²) in [7, 11) is 16.4. The van der Waals surface area contributed by atoms with Crippen molar-refractivity contribution >= 4 is 45.4 Å². The van der Waals surface area contributed by atoms with Gasteiger partial charge in [-0.05, 0) is 0 Å². The van der Waals surface area contributed by atoms with E-state index in [2.05, 4.69) is 109 Å². The third-order valence-electron chi connectivity index (χ3n) is 8.24. The predicted molar refractivity (Wildman–Crippen MR) is 167 cm³/mol. The van der Waals surface area contributed by atoms with Gasteiger partial charge in [-0.15, -0.1) is 0 Å². The molecule has 0 saturated heterocycles. The van der Waals surface area contributed by atoms with E-state index < -0.39 is 19.4 Å². The Morgan fingerprint density at radius 2 is 1.41 bits per heavy atom. The van der Waals surface area contributed by atoms with E-state index in [0.717, 1.165) is 46.3 Å². The van der Waals surface area contributed by atoms with Crippen LogP contribution in [0.15, 0.2) is 103 Å². The molecule has 39 heavy (non-hydrogen) atoms. The van der Waals surface area contributed by atoms with Crippen molar-refractivity contribution in [2.45, 2.75) is 46.0 Å². The molecule has 5 rings (SSSR count). The number of halogens is 2. The normalized spacial score (nSPS) is 14.2. The Balaban J connectivity index is 1.76. The summed E-state index contributed by atoms with van der Waals surface area (Å²) < 4.78 is 4.52. The Morgan fingerprint density at radius 3 is 2.03 bits per heavy atom. The molecular formula is C33H36Cl2NOSiTi. The Bertz CT molecular complexity index is 1420. The first-order chi connectivity index (χ1) is 18.9. The third kappa shape index (κ3) is 5.45. The third-order valence-corrected chi connectivity index (χ3v) is 32.3. The van der Waals surface area contributed by atoms with Gasteiger partial charge in [0.15, 0.2) is 0 Å². The molecule has 1 atom stereocenters. The molecule has 0 radical (unpaired) electrons. The molecular weight excluding hydrogens is 573 g/mol. The number of hydrogen-bond donors (Lipinski definition) is 1. The van der Waals surface area contributed by atoms with Crippen LogP contribution >= 0.6 is 18.6 Å². The molecule has 0 saturated carbocycles. The summed E-state index contributed by atoms with van der Waals surface area (Å²) in [5.41, 5.74) is 4.86. The maximum absolute atomic E-state index is 14.1. The van der Waals surface area contributed by atoms with Gasteiger partial charge in [-0.1, -0.05) is 0 Å². The summed E-state index contributed by atoms with van der Waals surface area (Å²) in [6, 6.07) is 35.8. The van der Waals surface area contributed by atoms with E-state index in [1.165, 1.54) is 22.3 Å². The molecule has 6 heteroatoms. The van der Waals surface area contributed by atoms with Crippen molar-refractivity contribution in [2.75, 3.05) is 0 Å². The van der Waals surface area contributed by atoms with Gasteiger partial charge in [0.05, 0.1) is 0 Å². The molecule has 1 N–H and O–H groups in total. The van der Waals surface area contributed by atoms with Gasteiger partial charge in [0.25, 0.3) is 0 Å². The van der Waals surface area contributed by atoms with Gasteiger partial charge in [-0.2, -0.15) is 0 Å². The van der Waals surface area contributed by atoms with E-state index in [9.17, 15) is 4.79 Å². The SMILES string of the molecule is CCCCC(CC)C(=O)[NH][Ti]([Cl])([Cl])([c]1cccc2c1Cc1ccccc1-2)[SiH](c1ccccc1)c1ccccc1. The molecule has 0 spiro atoms. The van der Waals surface area contributed by atoms with Crippen LogP contribution in [0.3, 0.4) is 0 Å². The molecule has 0 aliphatic heterocycles. The first-order valence-electron chi connectivity index (χ1n) is 14.1. The summed E-state index contributed by atoms with van der Waals surface area (Å²) in [6.07, 6.45) is 4.44. The van der Waals surface area contributed by atoms with Crippen LogP contribution in [-0.2, 0) is 23.9 Å². The molecule has 1 amide bonds. The quantitative estimate of drug-likeness (QED) is 0.176. The van der Waals surface area contributed by atoms with Crippen LogP contribution in [0.4, 0.5) is 0 Å². The van der Waals surface area contributed by atoms with E-state index in [1.807, 2.05) is 12.1 Å². The zero-order valence-electron chi connectivity index (χ0n) is 22.7. The van der Waals surface area contributed by atoms with E-state index in [-0.39, 0.29) is 11.8 Å². The first kappa shape index (κ1) is 28.4. The van der Waals surface area contributed by atoms with E-state index >= 15 is 0 Å². The molecule has 2 nitrogen and oxygen atoms in total. The van der Waals surface area contributed by atoms with Gasteiger partial charge in [0.1, 0.15) is 0 Å². The van der Waals surface area contributed by atoms with Crippen molar-refractivity contribution in [3.05, 3.63) is 114 Å². The Hall–Kier alpha value is -2.14. The van der Waals surface area contributed by atoms with Crippen molar-refractivity contribution in [3.63, 3.8) is 0 Å².